The van der Waals surface area contributed by atoms with Crippen molar-refractivity contribution < 1.29 is 4.79 Å². The van der Waals surface area contributed by atoms with Crippen LogP contribution in [0.25, 0.3) is 0 Å². The van der Waals surface area contributed by atoms with Gasteiger partial charge in [0.15, 0.2) is 0 Å². The zero-order valence-electron chi connectivity index (χ0n) is 9.42. The van der Waals surface area contributed by atoms with Gasteiger partial charge in [0.05, 0.1) is 0 Å². The van der Waals surface area contributed by atoms with Gasteiger partial charge in [-0.05, 0) is 0 Å². The molecule has 0 aromatic carbocycles. The normalized spacial score (nSPS) is 11.0. The summed E-state index contributed by atoms with van der Waals surface area (Å²) in [7, 11) is 1.85. The molecule has 0 saturated carbocycles. The van der Waals surface area contributed by atoms with Crippen molar-refractivity contribution in [2.45, 2.75) is 33.7 Å². The van der Waals surface area contributed by atoms with E-state index in [2.05, 4.69) is 19.2 Å². The number of likely N-dealkylation sites (N-methyl/N-ethyl adjacent to an activating group) is 1. The molecule has 0 aliphatic carbocycles. The molecule has 0 radical (unpaired) electrons. The van der Waals surface area contributed by atoms with Gasteiger partial charge in [-0.2, -0.15) is 0 Å². The van der Waals surface area contributed by atoms with Crippen molar-refractivity contribution >= 4 is 5.91 Å². The molecule has 0 bridgehead atoms. The van der Waals surface area contributed by atoms with Crippen molar-refractivity contribution in [1.29, 1.82) is 0 Å². The Balaban J connectivity index is 3.62. The van der Waals surface area contributed by atoms with Gasteiger partial charge < -0.3 is 10.2 Å². The van der Waals surface area contributed by atoms with Crippen molar-refractivity contribution in [3.8, 4) is 0 Å². The van der Waals surface area contributed by atoms with Gasteiger partial charge >= 0.3 is 0 Å². The molecule has 0 heterocycles. The SMILES string of the molecule is CC(C)NCCN(C)C(=O)C(C)C. The predicted molar refractivity (Wildman–Crippen MR) is 55.6 cm³/mol. The minimum atomic E-state index is 0.101. The summed E-state index contributed by atoms with van der Waals surface area (Å²) in [6.07, 6.45) is 0. The lowest BCUT2D eigenvalue weighted by Gasteiger charge is -2.20. The highest BCUT2D eigenvalue weighted by Gasteiger charge is 2.11. The first-order valence-electron chi connectivity index (χ1n) is 4.93. The Morgan fingerprint density at radius 2 is 1.85 bits per heavy atom. The molecule has 0 aromatic rings. The quantitative estimate of drug-likeness (QED) is 0.697. The van der Waals surface area contributed by atoms with Crippen LogP contribution in [0.15, 0.2) is 0 Å². The first-order valence-corrected chi connectivity index (χ1v) is 4.93. The molecule has 3 heteroatoms. The van der Waals surface area contributed by atoms with Gasteiger partial charge in [-0.1, -0.05) is 27.7 Å². The molecule has 0 aliphatic heterocycles. The summed E-state index contributed by atoms with van der Waals surface area (Å²) in [5, 5.41) is 3.28. The lowest BCUT2D eigenvalue weighted by Crippen LogP contribution is -2.37. The van der Waals surface area contributed by atoms with E-state index in [0.717, 1.165) is 13.1 Å². The van der Waals surface area contributed by atoms with Crippen molar-refractivity contribution in [3.63, 3.8) is 0 Å². The van der Waals surface area contributed by atoms with E-state index >= 15 is 0 Å². The van der Waals surface area contributed by atoms with Crippen LogP contribution in [0.4, 0.5) is 0 Å². The van der Waals surface area contributed by atoms with Gasteiger partial charge in [0.1, 0.15) is 0 Å². The summed E-state index contributed by atoms with van der Waals surface area (Å²) in [6, 6.07) is 0.488. The monoisotopic (exact) mass is 186 g/mol. The summed E-state index contributed by atoms with van der Waals surface area (Å²) >= 11 is 0. The molecule has 1 amide bonds. The van der Waals surface area contributed by atoms with Crippen LogP contribution < -0.4 is 5.32 Å². The van der Waals surface area contributed by atoms with Crippen LogP contribution in [0.2, 0.25) is 0 Å². The Morgan fingerprint density at radius 3 is 2.23 bits per heavy atom. The molecule has 0 atom stereocenters. The van der Waals surface area contributed by atoms with Crippen molar-refractivity contribution in [2.75, 3.05) is 20.1 Å². The summed E-state index contributed by atoms with van der Waals surface area (Å²) in [4.78, 5) is 13.2. The van der Waals surface area contributed by atoms with Crippen LogP contribution in [0.5, 0.6) is 0 Å². The third-order valence-corrected chi connectivity index (χ3v) is 1.87. The third kappa shape index (κ3) is 5.64. The van der Waals surface area contributed by atoms with E-state index in [4.69, 9.17) is 0 Å². The van der Waals surface area contributed by atoms with E-state index in [1.807, 2.05) is 20.9 Å². The number of nitrogens with one attached hydrogen (secondary N) is 1. The van der Waals surface area contributed by atoms with Crippen LogP contribution in [-0.2, 0) is 4.79 Å². The van der Waals surface area contributed by atoms with Crippen molar-refractivity contribution in [2.24, 2.45) is 5.92 Å². The van der Waals surface area contributed by atoms with Gasteiger partial charge in [0.2, 0.25) is 5.91 Å². The number of nitrogens with zero attached hydrogens (tertiary/aromatic N) is 1. The molecule has 13 heavy (non-hydrogen) atoms. The molecule has 0 unspecified atom stereocenters. The summed E-state index contributed by atoms with van der Waals surface area (Å²) in [5.74, 6) is 0.314. The lowest BCUT2D eigenvalue weighted by atomic mass is 10.2. The minimum Gasteiger partial charge on any atom is -0.344 e. The third-order valence-electron chi connectivity index (χ3n) is 1.87. The Bertz CT molecular complexity index is 155. The Kier molecular flexibility index (Phi) is 5.71. The molecule has 0 fully saturated rings. The first kappa shape index (κ1) is 12.4. The number of carbonyl (C=O) groups excluding carboxylic acids is 1. The minimum absolute atomic E-state index is 0.101. The average Bonchev–Trinajstić information content (AvgIpc) is 2.02. The van der Waals surface area contributed by atoms with E-state index in [0.29, 0.717) is 6.04 Å². The van der Waals surface area contributed by atoms with E-state index in [1.165, 1.54) is 0 Å². The lowest BCUT2D eigenvalue weighted by molar-refractivity contribution is -0.133. The Labute approximate surface area is 81.5 Å². The Morgan fingerprint density at radius 1 is 1.31 bits per heavy atom. The topological polar surface area (TPSA) is 32.3 Å². The van der Waals surface area contributed by atoms with Gasteiger partial charge in [-0.15, -0.1) is 0 Å². The highest BCUT2D eigenvalue weighted by Crippen LogP contribution is 1.97. The number of hydrogen-bond donors (Lipinski definition) is 1. The van der Waals surface area contributed by atoms with Gasteiger partial charge in [-0.25, -0.2) is 0 Å². The maximum absolute atomic E-state index is 11.4. The molecule has 0 aliphatic rings. The van der Waals surface area contributed by atoms with Crippen LogP contribution >= 0.6 is 0 Å². The molecule has 0 spiro atoms. The molecule has 1 N–H and O–H groups in total. The summed E-state index contributed by atoms with van der Waals surface area (Å²) < 4.78 is 0. The summed E-state index contributed by atoms with van der Waals surface area (Å²) in [6.45, 7) is 9.71. The fourth-order valence-electron chi connectivity index (χ4n) is 1.07. The van der Waals surface area contributed by atoms with Crippen LogP contribution in [0.3, 0.4) is 0 Å². The standard InChI is InChI=1S/C10H22N2O/c1-8(2)10(13)12(5)7-6-11-9(3)4/h8-9,11H,6-7H2,1-5H3. The van der Waals surface area contributed by atoms with Crippen molar-refractivity contribution in [3.05, 3.63) is 0 Å². The van der Waals surface area contributed by atoms with E-state index in [1.54, 1.807) is 4.90 Å². The highest BCUT2D eigenvalue weighted by atomic mass is 16.2. The molecule has 0 aromatic heterocycles. The van der Waals surface area contributed by atoms with Gasteiger partial charge in [0, 0.05) is 32.1 Å². The fourth-order valence-corrected chi connectivity index (χ4v) is 1.07. The number of rotatable bonds is 5. The zero-order chi connectivity index (χ0) is 10.4. The van der Waals surface area contributed by atoms with Crippen LogP contribution in [0.1, 0.15) is 27.7 Å². The fraction of sp³-hybridized carbons (Fsp3) is 0.900. The predicted octanol–water partition coefficient (Wildman–Crippen LogP) is 1.10. The van der Waals surface area contributed by atoms with Gasteiger partial charge in [-0.3, -0.25) is 4.79 Å². The number of carbonyl (C=O) groups is 1. The zero-order valence-corrected chi connectivity index (χ0v) is 9.42. The number of hydrogen-bond acceptors (Lipinski definition) is 2. The second-order valence-electron chi connectivity index (χ2n) is 4.02. The second kappa shape index (κ2) is 5.97. The van der Waals surface area contributed by atoms with Crippen LogP contribution in [0, 0.1) is 5.92 Å². The maximum atomic E-state index is 11.4. The Hall–Kier alpha value is -0.570. The summed E-state index contributed by atoms with van der Waals surface area (Å²) in [5.41, 5.74) is 0. The smallest absolute Gasteiger partial charge is 0.224 e. The average molecular weight is 186 g/mol. The molecule has 0 saturated heterocycles. The van der Waals surface area contributed by atoms with E-state index in [9.17, 15) is 4.79 Å². The molecular formula is C10H22N2O. The van der Waals surface area contributed by atoms with Crippen molar-refractivity contribution in [1.82, 2.24) is 10.2 Å². The first-order chi connectivity index (χ1) is 5.95. The molecule has 3 nitrogen and oxygen atoms in total. The molecular weight excluding hydrogens is 164 g/mol. The molecule has 0 rings (SSSR count). The van der Waals surface area contributed by atoms with E-state index in [-0.39, 0.29) is 11.8 Å². The second-order valence-corrected chi connectivity index (χ2v) is 4.02. The van der Waals surface area contributed by atoms with Gasteiger partial charge in [0.25, 0.3) is 0 Å². The van der Waals surface area contributed by atoms with Crippen LogP contribution in [-0.4, -0.2) is 37.0 Å². The molecule has 78 valence electrons. The largest absolute Gasteiger partial charge is 0.344 e. The number of amides is 1. The van der Waals surface area contributed by atoms with E-state index < -0.39 is 0 Å². The maximum Gasteiger partial charge on any atom is 0.224 e. The highest BCUT2D eigenvalue weighted by molar-refractivity contribution is 5.77.